The summed E-state index contributed by atoms with van der Waals surface area (Å²) in [7, 11) is 3.62. The fourth-order valence-corrected chi connectivity index (χ4v) is 3.25. The largest absolute Gasteiger partial charge is 0.496 e. The number of methoxy groups -OCH3 is 1. The van der Waals surface area contributed by atoms with E-state index in [0.717, 1.165) is 16.2 Å². The van der Waals surface area contributed by atoms with Crippen LogP contribution >= 0.6 is 0 Å². The molecule has 0 fully saturated rings. The van der Waals surface area contributed by atoms with E-state index in [9.17, 15) is 9.59 Å². The Balaban J connectivity index is 2.22. The van der Waals surface area contributed by atoms with E-state index in [1.807, 2.05) is 38.2 Å². The minimum Gasteiger partial charge on any atom is -0.496 e. The number of nitrogens with one attached hydrogen (secondary N) is 2. The molecular formula is C21H29N2O4+. The van der Waals surface area contributed by atoms with Gasteiger partial charge in [0, 0.05) is 11.3 Å². The molecule has 0 saturated carbocycles. The number of quaternary nitrogens is 1. The van der Waals surface area contributed by atoms with Crippen molar-refractivity contribution < 1.29 is 24.0 Å². The van der Waals surface area contributed by atoms with Crippen molar-refractivity contribution in [2.75, 3.05) is 20.8 Å². The zero-order valence-corrected chi connectivity index (χ0v) is 16.9. The van der Waals surface area contributed by atoms with E-state index in [1.165, 1.54) is 0 Å². The summed E-state index contributed by atoms with van der Waals surface area (Å²) < 4.78 is 10.5. The van der Waals surface area contributed by atoms with E-state index in [2.05, 4.69) is 4.98 Å². The van der Waals surface area contributed by atoms with E-state index in [4.69, 9.17) is 9.47 Å². The van der Waals surface area contributed by atoms with Crippen LogP contribution in [0, 0.1) is 13.8 Å². The Morgan fingerprint density at radius 1 is 1.22 bits per heavy atom. The topological polar surface area (TPSA) is 72.8 Å². The highest BCUT2D eigenvalue weighted by atomic mass is 16.5. The predicted octanol–water partition coefficient (Wildman–Crippen LogP) is 2.10. The van der Waals surface area contributed by atoms with E-state index in [0.29, 0.717) is 35.7 Å². The van der Waals surface area contributed by atoms with Gasteiger partial charge in [0.1, 0.15) is 12.3 Å². The Bertz CT molecular complexity index is 826. The van der Waals surface area contributed by atoms with Crippen LogP contribution in [0.2, 0.25) is 0 Å². The van der Waals surface area contributed by atoms with Gasteiger partial charge in [0.05, 0.1) is 32.0 Å². The normalized spacial score (nSPS) is 13.1. The number of para-hydroxylation sites is 1. The fraction of sp³-hybridized carbons (Fsp3) is 0.429. The lowest BCUT2D eigenvalue weighted by atomic mass is 10.0. The smallest absolute Gasteiger partial charge is 0.340 e. The third kappa shape index (κ3) is 4.39. The van der Waals surface area contributed by atoms with Crippen molar-refractivity contribution in [3.05, 3.63) is 52.3 Å². The molecule has 2 N–H and O–H groups in total. The van der Waals surface area contributed by atoms with Crippen molar-refractivity contribution in [1.82, 2.24) is 4.98 Å². The first-order valence-corrected chi connectivity index (χ1v) is 9.16. The molecule has 146 valence electrons. The van der Waals surface area contributed by atoms with Gasteiger partial charge >= 0.3 is 5.97 Å². The Morgan fingerprint density at radius 2 is 1.89 bits per heavy atom. The lowest BCUT2D eigenvalue weighted by Crippen LogP contribution is -3.12. The summed E-state index contributed by atoms with van der Waals surface area (Å²) in [6.07, 6.45) is 0. The van der Waals surface area contributed by atoms with Crippen LogP contribution < -0.4 is 9.64 Å². The minimum absolute atomic E-state index is 0.0291. The van der Waals surface area contributed by atoms with Crippen molar-refractivity contribution in [3.8, 4) is 5.75 Å². The maximum Gasteiger partial charge on any atom is 0.340 e. The Hall–Kier alpha value is -2.60. The first kappa shape index (κ1) is 20.7. The standard InChI is InChI=1S/C21H28N2O4/c1-7-27-21(25)18-13(2)19(22-14(18)3)20(24)15(4)23(5)12-16-10-8-9-11-17(16)26-6/h8-11,15,22H,7,12H2,1-6H3/p+1/t15-/m1/s1. The van der Waals surface area contributed by atoms with E-state index in [-0.39, 0.29) is 11.8 Å². The van der Waals surface area contributed by atoms with Gasteiger partial charge in [-0.1, -0.05) is 12.1 Å². The molecular weight excluding hydrogens is 344 g/mol. The molecule has 6 heteroatoms. The predicted molar refractivity (Wildman–Crippen MR) is 104 cm³/mol. The lowest BCUT2D eigenvalue weighted by Gasteiger charge is -2.21. The second-order valence-corrected chi connectivity index (χ2v) is 6.77. The van der Waals surface area contributed by atoms with Crippen LogP contribution in [0.25, 0.3) is 0 Å². The summed E-state index contributed by atoms with van der Waals surface area (Å²) in [4.78, 5) is 29.3. The fourth-order valence-electron chi connectivity index (χ4n) is 3.25. The van der Waals surface area contributed by atoms with Gasteiger partial charge in [-0.3, -0.25) is 4.79 Å². The molecule has 0 aliphatic rings. The average Bonchev–Trinajstić information content (AvgIpc) is 2.95. The zero-order chi connectivity index (χ0) is 20.1. The molecule has 2 atom stereocenters. The summed E-state index contributed by atoms with van der Waals surface area (Å²) in [5, 5.41) is 0. The molecule has 1 aromatic heterocycles. The number of ketones is 1. The molecule has 1 heterocycles. The highest BCUT2D eigenvalue weighted by Crippen LogP contribution is 2.20. The summed E-state index contributed by atoms with van der Waals surface area (Å²) in [6.45, 7) is 8.18. The maximum absolute atomic E-state index is 13.1. The zero-order valence-electron chi connectivity index (χ0n) is 16.9. The summed E-state index contributed by atoms with van der Waals surface area (Å²) >= 11 is 0. The van der Waals surface area contributed by atoms with E-state index < -0.39 is 5.97 Å². The number of ether oxygens (including phenoxy) is 2. The first-order valence-electron chi connectivity index (χ1n) is 9.16. The number of hydrogen-bond donors (Lipinski definition) is 2. The number of esters is 1. The van der Waals surface area contributed by atoms with Gasteiger partial charge in [0.15, 0.2) is 6.04 Å². The third-order valence-corrected chi connectivity index (χ3v) is 4.96. The molecule has 0 bridgehead atoms. The van der Waals surface area contributed by atoms with E-state index >= 15 is 0 Å². The van der Waals surface area contributed by atoms with Crippen molar-refractivity contribution in [2.24, 2.45) is 0 Å². The number of aromatic amines is 1. The summed E-state index contributed by atoms with van der Waals surface area (Å²) in [5.41, 5.74) is 3.28. The van der Waals surface area contributed by atoms with Gasteiger partial charge in [-0.05, 0) is 45.4 Å². The average molecular weight is 373 g/mol. The molecule has 1 unspecified atom stereocenters. The number of carbonyl (C=O) groups is 2. The number of carbonyl (C=O) groups excluding carboxylic acids is 2. The van der Waals surface area contributed by atoms with Crippen molar-refractivity contribution in [3.63, 3.8) is 0 Å². The number of aryl methyl sites for hydroxylation is 1. The molecule has 0 amide bonds. The highest BCUT2D eigenvalue weighted by molar-refractivity contribution is 6.03. The molecule has 2 rings (SSSR count). The monoisotopic (exact) mass is 373 g/mol. The van der Waals surface area contributed by atoms with Crippen LogP contribution in [0.1, 0.15) is 51.5 Å². The third-order valence-electron chi connectivity index (χ3n) is 4.96. The van der Waals surface area contributed by atoms with Gasteiger partial charge in [0.25, 0.3) is 0 Å². The van der Waals surface area contributed by atoms with Crippen LogP contribution in [-0.2, 0) is 11.3 Å². The molecule has 0 spiro atoms. The highest BCUT2D eigenvalue weighted by Gasteiger charge is 2.30. The Labute approximate surface area is 160 Å². The number of aromatic nitrogens is 1. The van der Waals surface area contributed by atoms with Gasteiger partial charge in [-0.2, -0.15) is 0 Å². The maximum atomic E-state index is 13.1. The number of rotatable bonds is 8. The summed E-state index contributed by atoms with van der Waals surface area (Å²) in [6, 6.07) is 7.51. The molecule has 6 nitrogen and oxygen atoms in total. The molecule has 0 radical (unpaired) electrons. The number of benzene rings is 1. The number of likely N-dealkylation sites (N-methyl/N-ethyl adjacent to an activating group) is 1. The van der Waals surface area contributed by atoms with Gasteiger partial charge < -0.3 is 19.4 Å². The lowest BCUT2D eigenvalue weighted by molar-refractivity contribution is -0.907. The second-order valence-electron chi connectivity index (χ2n) is 6.77. The van der Waals surface area contributed by atoms with Crippen molar-refractivity contribution in [1.29, 1.82) is 0 Å². The molecule has 0 saturated heterocycles. The van der Waals surface area contributed by atoms with Crippen LogP contribution in [0.15, 0.2) is 24.3 Å². The number of H-pyrrole nitrogens is 1. The Morgan fingerprint density at radius 3 is 2.52 bits per heavy atom. The SMILES string of the molecule is CCOC(=O)c1c(C)[nH]c(C(=O)[C@@H](C)[NH+](C)Cc2ccccc2OC)c1C. The molecule has 0 aliphatic carbocycles. The molecule has 0 aliphatic heterocycles. The molecule has 1 aromatic carbocycles. The van der Waals surface area contributed by atoms with Crippen molar-refractivity contribution >= 4 is 11.8 Å². The Kier molecular flexibility index (Phi) is 6.80. The molecule has 27 heavy (non-hydrogen) atoms. The summed E-state index contributed by atoms with van der Waals surface area (Å²) in [5.74, 6) is 0.386. The van der Waals surface area contributed by atoms with Gasteiger partial charge in [-0.25, -0.2) is 4.79 Å². The first-order chi connectivity index (χ1) is 12.8. The van der Waals surface area contributed by atoms with Crippen LogP contribution in [-0.4, -0.2) is 43.5 Å². The number of Topliss-reactive ketones (excluding diaryl/α,β-unsaturated/α-hetero) is 1. The van der Waals surface area contributed by atoms with E-state index in [1.54, 1.807) is 27.9 Å². The van der Waals surface area contributed by atoms with Crippen LogP contribution in [0.4, 0.5) is 0 Å². The van der Waals surface area contributed by atoms with Gasteiger partial charge in [0.2, 0.25) is 5.78 Å². The van der Waals surface area contributed by atoms with Gasteiger partial charge in [-0.15, -0.1) is 0 Å². The van der Waals surface area contributed by atoms with Crippen LogP contribution in [0.3, 0.4) is 0 Å². The minimum atomic E-state index is -0.398. The quantitative estimate of drug-likeness (QED) is 0.549. The number of hydrogen-bond acceptors (Lipinski definition) is 4. The second kappa shape index (κ2) is 8.86. The van der Waals surface area contributed by atoms with Crippen molar-refractivity contribution in [2.45, 2.75) is 40.3 Å². The van der Waals surface area contributed by atoms with Crippen LogP contribution in [0.5, 0.6) is 5.75 Å². The molecule has 2 aromatic rings.